The molecule has 0 amide bonds. The first-order valence-electron chi connectivity index (χ1n) is 6.08. The van der Waals surface area contributed by atoms with Crippen LogP contribution in [-0.4, -0.2) is 30.2 Å². The van der Waals surface area contributed by atoms with Crippen LogP contribution in [0.5, 0.6) is 5.88 Å². The van der Waals surface area contributed by atoms with Gasteiger partial charge in [0.05, 0.1) is 19.2 Å². The Bertz CT molecular complexity index is 441. The van der Waals surface area contributed by atoms with Gasteiger partial charge in [-0.2, -0.15) is 4.98 Å². The zero-order valence-corrected chi connectivity index (χ0v) is 11.8. The van der Waals surface area contributed by atoms with Crippen LogP contribution in [-0.2, 0) is 9.53 Å². The number of nitrogens with zero attached hydrogens (tertiary/aromatic N) is 1. The SMILES string of the molecule is COC(=O)CCNc1ccc(N)c(OC(C)(C)C)n1. The van der Waals surface area contributed by atoms with Crippen molar-refractivity contribution in [2.75, 3.05) is 24.7 Å². The number of carbonyl (C=O) groups excluding carboxylic acids is 1. The van der Waals surface area contributed by atoms with Gasteiger partial charge in [0, 0.05) is 6.54 Å². The van der Waals surface area contributed by atoms with Crippen LogP contribution < -0.4 is 15.8 Å². The molecule has 0 aliphatic carbocycles. The second kappa shape index (κ2) is 6.26. The number of esters is 1. The summed E-state index contributed by atoms with van der Waals surface area (Å²) < 4.78 is 10.2. The van der Waals surface area contributed by atoms with Crippen LogP contribution in [0.15, 0.2) is 12.1 Å². The molecule has 0 bridgehead atoms. The van der Waals surface area contributed by atoms with Crippen molar-refractivity contribution in [2.24, 2.45) is 0 Å². The van der Waals surface area contributed by atoms with Gasteiger partial charge >= 0.3 is 5.97 Å². The molecule has 1 aromatic heterocycles. The average Bonchev–Trinajstić information content (AvgIpc) is 2.31. The Morgan fingerprint density at radius 3 is 2.68 bits per heavy atom. The van der Waals surface area contributed by atoms with E-state index in [4.69, 9.17) is 10.5 Å². The summed E-state index contributed by atoms with van der Waals surface area (Å²) in [6, 6.07) is 3.46. The fraction of sp³-hybridized carbons (Fsp3) is 0.538. The summed E-state index contributed by atoms with van der Waals surface area (Å²) in [5.41, 5.74) is 5.92. The molecule has 3 N–H and O–H groups in total. The number of pyridine rings is 1. The van der Waals surface area contributed by atoms with Crippen molar-refractivity contribution in [3.05, 3.63) is 12.1 Å². The van der Waals surface area contributed by atoms with E-state index in [1.165, 1.54) is 7.11 Å². The summed E-state index contributed by atoms with van der Waals surface area (Å²) in [5.74, 6) is 0.724. The highest BCUT2D eigenvalue weighted by atomic mass is 16.5. The highest BCUT2D eigenvalue weighted by Gasteiger charge is 2.15. The number of hydrogen-bond donors (Lipinski definition) is 2. The Labute approximate surface area is 113 Å². The third kappa shape index (κ3) is 5.46. The molecule has 0 spiro atoms. The molecule has 0 aromatic carbocycles. The molecule has 6 heteroatoms. The van der Waals surface area contributed by atoms with Gasteiger partial charge in [-0.05, 0) is 32.9 Å². The standard InChI is InChI=1S/C13H21N3O3/c1-13(2,3)19-12-9(14)5-6-10(16-12)15-8-7-11(17)18-4/h5-6H,7-8,14H2,1-4H3,(H,15,16). The van der Waals surface area contributed by atoms with Crippen molar-refractivity contribution in [2.45, 2.75) is 32.8 Å². The summed E-state index contributed by atoms with van der Waals surface area (Å²) >= 11 is 0. The molecule has 0 radical (unpaired) electrons. The molecule has 1 aromatic rings. The zero-order valence-electron chi connectivity index (χ0n) is 11.8. The maximum absolute atomic E-state index is 11.0. The van der Waals surface area contributed by atoms with Crippen LogP contribution in [0.2, 0.25) is 0 Å². The van der Waals surface area contributed by atoms with Crippen LogP contribution in [0.1, 0.15) is 27.2 Å². The maximum atomic E-state index is 11.0. The summed E-state index contributed by atoms with van der Waals surface area (Å²) in [4.78, 5) is 15.3. The largest absolute Gasteiger partial charge is 0.470 e. The molecule has 0 fully saturated rings. The van der Waals surface area contributed by atoms with Crippen molar-refractivity contribution in [3.8, 4) is 5.88 Å². The molecule has 0 aliphatic heterocycles. The van der Waals surface area contributed by atoms with Crippen LogP contribution in [0.25, 0.3) is 0 Å². The van der Waals surface area contributed by atoms with Gasteiger partial charge in [-0.3, -0.25) is 4.79 Å². The molecule has 0 aliphatic rings. The minimum absolute atomic E-state index is 0.269. The molecular weight excluding hydrogens is 246 g/mol. The smallest absolute Gasteiger partial charge is 0.307 e. The molecular formula is C13H21N3O3. The van der Waals surface area contributed by atoms with E-state index in [1.54, 1.807) is 12.1 Å². The predicted molar refractivity (Wildman–Crippen MR) is 74.2 cm³/mol. The fourth-order valence-electron chi connectivity index (χ4n) is 1.32. The van der Waals surface area contributed by atoms with Gasteiger partial charge in [-0.25, -0.2) is 0 Å². The average molecular weight is 267 g/mol. The Balaban J connectivity index is 2.65. The van der Waals surface area contributed by atoms with Crippen LogP contribution in [0, 0.1) is 0 Å². The monoisotopic (exact) mass is 267 g/mol. The lowest BCUT2D eigenvalue weighted by atomic mass is 10.2. The molecule has 106 valence electrons. The second-order valence-electron chi connectivity index (χ2n) is 5.06. The zero-order chi connectivity index (χ0) is 14.5. The highest BCUT2D eigenvalue weighted by molar-refractivity contribution is 5.69. The number of nitrogens with two attached hydrogens (primary N) is 1. The van der Waals surface area contributed by atoms with E-state index >= 15 is 0 Å². The number of ether oxygens (including phenoxy) is 2. The van der Waals surface area contributed by atoms with E-state index in [0.29, 0.717) is 23.9 Å². The van der Waals surface area contributed by atoms with E-state index < -0.39 is 0 Å². The van der Waals surface area contributed by atoms with Gasteiger partial charge in [-0.15, -0.1) is 0 Å². The molecule has 0 atom stereocenters. The van der Waals surface area contributed by atoms with Crippen molar-refractivity contribution >= 4 is 17.5 Å². The van der Waals surface area contributed by atoms with E-state index in [-0.39, 0.29) is 18.0 Å². The number of carbonyl (C=O) groups is 1. The molecule has 0 saturated heterocycles. The Morgan fingerprint density at radius 2 is 2.11 bits per heavy atom. The minimum Gasteiger partial charge on any atom is -0.470 e. The van der Waals surface area contributed by atoms with Gasteiger partial charge < -0.3 is 20.5 Å². The van der Waals surface area contributed by atoms with Gasteiger partial charge in [0.15, 0.2) is 0 Å². The van der Waals surface area contributed by atoms with Crippen LogP contribution >= 0.6 is 0 Å². The predicted octanol–water partition coefficient (Wildman–Crippen LogP) is 1.82. The summed E-state index contributed by atoms with van der Waals surface area (Å²) in [6.45, 7) is 6.21. The van der Waals surface area contributed by atoms with E-state index in [1.807, 2.05) is 20.8 Å². The first kappa shape index (κ1) is 15.1. The summed E-state index contributed by atoms with van der Waals surface area (Å²) in [5, 5.41) is 3.02. The fourth-order valence-corrected chi connectivity index (χ4v) is 1.32. The normalized spacial score (nSPS) is 10.9. The summed E-state index contributed by atoms with van der Waals surface area (Å²) in [6.07, 6.45) is 0.276. The topological polar surface area (TPSA) is 86.5 Å². The number of hydrogen-bond acceptors (Lipinski definition) is 6. The number of aromatic nitrogens is 1. The van der Waals surface area contributed by atoms with Crippen molar-refractivity contribution < 1.29 is 14.3 Å². The quantitative estimate of drug-likeness (QED) is 0.791. The lowest BCUT2D eigenvalue weighted by molar-refractivity contribution is -0.140. The Kier molecular flexibility index (Phi) is 4.97. The van der Waals surface area contributed by atoms with Crippen molar-refractivity contribution in [1.82, 2.24) is 4.98 Å². The van der Waals surface area contributed by atoms with Gasteiger partial charge in [0.25, 0.3) is 0 Å². The van der Waals surface area contributed by atoms with Gasteiger partial charge in [0.2, 0.25) is 5.88 Å². The first-order chi connectivity index (χ1) is 8.81. The molecule has 19 heavy (non-hydrogen) atoms. The maximum Gasteiger partial charge on any atom is 0.307 e. The highest BCUT2D eigenvalue weighted by Crippen LogP contribution is 2.24. The number of methoxy groups -OCH3 is 1. The van der Waals surface area contributed by atoms with Crippen LogP contribution in [0.3, 0.4) is 0 Å². The first-order valence-corrected chi connectivity index (χ1v) is 6.08. The number of anilines is 2. The summed E-state index contributed by atoms with van der Waals surface area (Å²) in [7, 11) is 1.36. The number of nitrogen functional groups attached to an aromatic ring is 1. The van der Waals surface area contributed by atoms with Gasteiger partial charge in [-0.1, -0.05) is 0 Å². The lowest BCUT2D eigenvalue weighted by Gasteiger charge is -2.21. The third-order valence-electron chi connectivity index (χ3n) is 2.16. The molecule has 1 rings (SSSR count). The number of nitrogens with one attached hydrogen (secondary N) is 1. The minimum atomic E-state index is -0.369. The van der Waals surface area contributed by atoms with E-state index in [0.717, 1.165) is 0 Å². The lowest BCUT2D eigenvalue weighted by Crippen LogP contribution is -2.24. The van der Waals surface area contributed by atoms with E-state index in [9.17, 15) is 4.79 Å². The molecule has 0 unspecified atom stereocenters. The Morgan fingerprint density at radius 1 is 1.42 bits per heavy atom. The Hall–Kier alpha value is -1.98. The van der Waals surface area contributed by atoms with E-state index in [2.05, 4.69) is 15.0 Å². The van der Waals surface area contributed by atoms with Crippen LogP contribution in [0.4, 0.5) is 11.5 Å². The molecule has 1 heterocycles. The van der Waals surface area contributed by atoms with Crippen molar-refractivity contribution in [3.63, 3.8) is 0 Å². The number of rotatable bonds is 5. The molecule has 6 nitrogen and oxygen atoms in total. The third-order valence-corrected chi connectivity index (χ3v) is 2.16. The molecule has 0 saturated carbocycles. The van der Waals surface area contributed by atoms with Gasteiger partial charge in [0.1, 0.15) is 11.4 Å². The van der Waals surface area contributed by atoms with Crippen molar-refractivity contribution in [1.29, 1.82) is 0 Å². The second-order valence-corrected chi connectivity index (χ2v) is 5.06.